The van der Waals surface area contributed by atoms with Crippen molar-refractivity contribution >= 4 is 27.5 Å². The number of rotatable bonds is 6. The van der Waals surface area contributed by atoms with Gasteiger partial charge in [-0.1, -0.05) is 50.6 Å². The summed E-state index contributed by atoms with van der Waals surface area (Å²) in [7, 11) is 0. The van der Waals surface area contributed by atoms with Crippen LogP contribution in [0.1, 0.15) is 63.5 Å². The van der Waals surface area contributed by atoms with E-state index in [4.69, 9.17) is 11.6 Å². The SMILES string of the molecule is CCNC(CCC1CCCCC1)c1cc(Cl)c(Br)cc1F. The molecule has 0 heterocycles. The molecule has 0 aliphatic heterocycles. The summed E-state index contributed by atoms with van der Waals surface area (Å²) >= 11 is 9.42. The van der Waals surface area contributed by atoms with Crippen LogP contribution in [0.5, 0.6) is 0 Å². The van der Waals surface area contributed by atoms with Gasteiger partial charge in [0, 0.05) is 16.1 Å². The van der Waals surface area contributed by atoms with Gasteiger partial charge in [-0.3, -0.25) is 0 Å². The van der Waals surface area contributed by atoms with Gasteiger partial charge in [0.1, 0.15) is 5.82 Å². The molecular weight excluding hydrogens is 353 g/mol. The molecule has 1 saturated carbocycles. The molecule has 1 atom stereocenters. The van der Waals surface area contributed by atoms with E-state index in [1.807, 2.05) is 0 Å². The lowest BCUT2D eigenvalue weighted by molar-refractivity contribution is 0.313. The summed E-state index contributed by atoms with van der Waals surface area (Å²) in [6.07, 6.45) is 8.91. The number of benzene rings is 1. The quantitative estimate of drug-likeness (QED) is 0.578. The minimum atomic E-state index is -0.180. The molecule has 1 aliphatic carbocycles. The molecule has 4 heteroatoms. The smallest absolute Gasteiger partial charge is 0.129 e. The molecule has 21 heavy (non-hydrogen) atoms. The van der Waals surface area contributed by atoms with E-state index in [9.17, 15) is 4.39 Å². The highest BCUT2D eigenvalue weighted by atomic mass is 79.9. The van der Waals surface area contributed by atoms with E-state index in [1.54, 1.807) is 6.07 Å². The Balaban J connectivity index is 2.05. The molecule has 1 aromatic carbocycles. The number of hydrogen-bond donors (Lipinski definition) is 1. The third-order valence-corrected chi connectivity index (χ3v) is 5.65. The van der Waals surface area contributed by atoms with Gasteiger partial charge in [0.15, 0.2) is 0 Å². The number of hydrogen-bond acceptors (Lipinski definition) is 1. The number of nitrogens with one attached hydrogen (secondary N) is 1. The first-order valence-electron chi connectivity index (χ1n) is 7.99. The van der Waals surface area contributed by atoms with E-state index < -0.39 is 0 Å². The van der Waals surface area contributed by atoms with Gasteiger partial charge in [-0.2, -0.15) is 0 Å². The molecular formula is C17H24BrClFN. The van der Waals surface area contributed by atoms with Gasteiger partial charge in [-0.05, 0) is 53.4 Å². The summed E-state index contributed by atoms with van der Waals surface area (Å²) in [5.41, 5.74) is 0.695. The first-order valence-corrected chi connectivity index (χ1v) is 9.16. The Kier molecular flexibility index (Phi) is 6.97. The zero-order valence-electron chi connectivity index (χ0n) is 12.6. The molecule has 0 bridgehead atoms. The molecule has 1 unspecified atom stereocenters. The third kappa shape index (κ3) is 4.94. The fourth-order valence-electron chi connectivity index (χ4n) is 3.30. The van der Waals surface area contributed by atoms with Gasteiger partial charge in [0.05, 0.1) is 5.02 Å². The fourth-order valence-corrected chi connectivity index (χ4v) is 3.78. The standard InChI is InChI=1S/C17H24BrClFN/c1-2-21-17(9-8-12-6-4-3-5-7-12)13-10-15(19)14(18)11-16(13)20/h10-12,17,21H,2-9H2,1H3. The molecule has 0 saturated heterocycles. The van der Waals surface area contributed by atoms with Gasteiger partial charge < -0.3 is 5.32 Å². The predicted molar refractivity (Wildman–Crippen MR) is 91.3 cm³/mol. The summed E-state index contributed by atoms with van der Waals surface area (Å²) in [6, 6.07) is 3.29. The zero-order valence-corrected chi connectivity index (χ0v) is 14.9. The van der Waals surface area contributed by atoms with Crippen molar-refractivity contribution in [2.45, 2.75) is 57.9 Å². The van der Waals surface area contributed by atoms with Crippen LogP contribution in [0, 0.1) is 11.7 Å². The normalized spacial score (nSPS) is 17.9. The van der Waals surface area contributed by atoms with Crippen LogP contribution in [0.25, 0.3) is 0 Å². The Hall–Kier alpha value is -0.120. The highest BCUT2D eigenvalue weighted by Crippen LogP contribution is 2.33. The topological polar surface area (TPSA) is 12.0 Å². The van der Waals surface area contributed by atoms with Crippen molar-refractivity contribution in [1.82, 2.24) is 5.32 Å². The average Bonchev–Trinajstić information content (AvgIpc) is 2.48. The second-order valence-electron chi connectivity index (χ2n) is 5.98. The molecule has 0 aromatic heterocycles. The van der Waals surface area contributed by atoms with Crippen LogP contribution in [0.4, 0.5) is 4.39 Å². The summed E-state index contributed by atoms with van der Waals surface area (Å²) < 4.78 is 14.9. The maximum atomic E-state index is 14.2. The first kappa shape index (κ1) is 17.2. The van der Waals surface area contributed by atoms with Gasteiger partial charge in [-0.15, -0.1) is 0 Å². The largest absolute Gasteiger partial charge is 0.310 e. The average molecular weight is 377 g/mol. The monoisotopic (exact) mass is 375 g/mol. The lowest BCUT2D eigenvalue weighted by Gasteiger charge is -2.25. The minimum absolute atomic E-state index is 0.0579. The minimum Gasteiger partial charge on any atom is -0.310 e. The summed E-state index contributed by atoms with van der Waals surface area (Å²) in [4.78, 5) is 0. The van der Waals surface area contributed by atoms with Crippen LogP contribution in [0.15, 0.2) is 16.6 Å². The van der Waals surface area contributed by atoms with E-state index in [-0.39, 0.29) is 11.9 Å². The maximum Gasteiger partial charge on any atom is 0.129 e. The second-order valence-corrected chi connectivity index (χ2v) is 7.24. The van der Waals surface area contributed by atoms with Crippen LogP contribution in [-0.2, 0) is 0 Å². The van der Waals surface area contributed by atoms with Gasteiger partial charge in [-0.25, -0.2) is 4.39 Å². The Morgan fingerprint density at radius 1 is 1.33 bits per heavy atom. The zero-order chi connectivity index (χ0) is 15.2. The van der Waals surface area contributed by atoms with Gasteiger partial charge in [0.25, 0.3) is 0 Å². The molecule has 0 radical (unpaired) electrons. The Morgan fingerprint density at radius 3 is 2.71 bits per heavy atom. The molecule has 0 spiro atoms. The Labute approximate surface area is 140 Å². The van der Waals surface area contributed by atoms with Crippen molar-refractivity contribution in [3.05, 3.63) is 33.0 Å². The van der Waals surface area contributed by atoms with Crippen LogP contribution in [0.2, 0.25) is 5.02 Å². The third-order valence-electron chi connectivity index (χ3n) is 4.45. The lowest BCUT2D eigenvalue weighted by Crippen LogP contribution is -2.23. The van der Waals surface area contributed by atoms with E-state index in [0.717, 1.165) is 18.9 Å². The number of halogens is 3. The highest BCUT2D eigenvalue weighted by molar-refractivity contribution is 9.10. The Morgan fingerprint density at radius 2 is 2.05 bits per heavy atom. The summed E-state index contributed by atoms with van der Waals surface area (Å²) in [5.74, 6) is 0.634. The molecule has 2 rings (SSSR count). The van der Waals surface area contributed by atoms with Crippen LogP contribution in [-0.4, -0.2) is 6.54 Å². The van der Waals surface area contributed by atoms with Gasteiger partial charge >= 0.3 is 0 Å². The van der Waals surface area contributed by atoms with Crippen molar-refractivity contribution < 1.29 is 4.39 Å². The maximum absolute atomic E-state index is 14.2. The highest BCUT2D eigenvalue weighted by Gasteiger charge is 2.20. The van der Waals surface area contributed by atoms with Crippen molar-refractivity contribution in [3.8, 4) is 0 Å². The Bertz CT molecular complexity index is 460. The van der Waals surface area contributed by atoms with Crippen molar-refractivity contribution in [1.29, 1.82) is 0 Å². The fraction of sp³-hybridized carbons (Fsp3) is 0.647. The molecule has 1 aliphatic rings. The van der Waals surface area contributed by atoms with E-state index in [1.165, 1.54) is 44.6 Å². The lowest BCUT2D eigenvalue weighted by atomic mass is 9.84. The van der Waals surface area contributed by atoms with Crippen molar-refractivity contribution in [2.24, 2.45) is 5.92 Å². The van der Waals surface area contributed by atoms with E-state index in [0.29, 0.717) is 15.1 Å². The molecule has 0 amide bonds. The molecule has 1 N–H and O–H groups in total. The van der Waals surface area contributed by atoms with Crippen LogP contribution in [0.3, 0.4) is 0 Å². The molecule has 1 nitrogen and oxygen atoms in total. The second kappa shape index (κ2) is 8.50. The first-order chi connectivity index (χ1) is 10.1. The molecule has 1 fully saturated rings. The summed E-state index contributed by atoms with van der Waals surface area (Å²) in [5, 5.41) is 3.99. The molecule has 118 valence electrons. The van der Waals surface area contributed by atoms with Crippen LogP contribution < -0.4 is 5.32 Å². The summed E-state index contributed by atoms with van der Waals surface area (Å²) in [6.45, 7) is 2.90. The van der Waals surface area contributed by atoms with Crippen molar-refractivity contribution in [3.63, 3.8) is 0 Å². The molecule has 1 aromatic rings. The van der Waals surface area contributed by atoms with Crippen molar-refractivity contribution in [2.75, 3.05) is 6.54 Å². The van der Waals surface area contributed by atoms with Crippen LogP contribution >= 0.6 is 27.5 Å². The predicted octanol–water partition coefficient (Wildman–Crippen LogP) is 6.25. The van der Waals surface area contributed by atoms with Gasteiger partial charge in [0.2, 0.25) is 0 Å². The van der Waals surface area contributed by atoms with E-state index >= 15 is 0 Å². The van der Waals surface area contributed by atoms with E-state index in [2.05, 4.69) is 28.2 Å².